The zero-order valence-electron chi connectivity index (χ0n) is 26.0. The average molecular weight is 636 g/mol. The minimum atomic E-state index is -3.82. The van der Waals surface area contributed by atoms with Gasteiger partial charge in [0.05, 0.1) is 28.5 Å². The molecule has 1 N–H and O–H groups in total. The molecule has 4 aromatic carbocycles. The Bertz CT molecular complexity index is 1860. The van der Waals surface area contributed by atoms with Crippen LogP contribution in [0.4, 0.5) is 22.7 Å². The third-order valence-electron chi connectivity index (χ3n) is 8.64. The Kier molecular flexibility index (Phi) is 9.01. The second-order valence-electron chi connectivity index (χ2n) is 11.6. The molecule has 0 saturated carbocycles. The first kappa shape index (κ1) is 31.2. The molecule has 0 aromatic heterocycles. The van der Waals surface area contributed by atoms with Gasteiger partial charge in [0.2, 0.25) is 11.8 Å². The normalized spacial score (nSPS) is 16.9. The monoisotopic (exact) mass is 635 g/mol. The predicted molar refractivity (Wildman–Crippen MR) is 183 cm³/mol. The van der Waals surface area contributed by atoms with Crippen molar-refractivity contribution in [2.45, 2.75) is 30.1 Å². The maximum absolute atomic E-state index is 13.5. The predicted octanol–water partition coefficient (Wildman–Crippen LogP) is 5.82. The van der Waals surface area contributed by atoms with Gasteiger partial charge in [0.15, 0.2) is 0 Å². The molecule has 10 heteroatoms. The summed E-state index contributed by atoms with van der Waals surface area (Å²) in [5.41, 5.74) is 4.36. The first-order valence-corrected chi connectivity index (χ1v) is 16.9. The highest BCUT2D eigenvalue weighted by molar-refractivity contribution is 7.92. The molecular formula is C36H37N5O4S. The minimum absolute atomic E-state index is 0.0393. The number of nitrogens with one attached hydrogen (secondary N) is 1. The van der Waals surface area contributed by atoms with Crippen LogP contribution in [-0.2, 0) is 19.6 Å². The lowest BCUT2D eigenvalue weighted by atomic mass is 9.90. The van der Waals surface area contributed by atoms with E-state index in [9.17, 15) is 18.0 Å². The fourth-order valence-electron chi connectivity index (χ4n) is 5.96. The second kappa shape index (κ2) is 13.3. The molecule has 6 rings (SSSR count). The van der Waals surface area contributed by atoms with Crippen molar-refractivity contribution < 1.29 is 18.0 Å². The molecule has 0 spiro atoms. The number of carbonyl (C=O) groups is 2. The Hall–Kier alpha value is -4.80. The summed E-state index contributed by atoms with van der Waals surface area (Å²) in [5, 5.41) is 2.95. The third kappa shape index (κ3) is 6.45. The molecule has 236 valence electrons. The summed E-state index contributed by atoms with van der Waals surface area (Å²) < 4.78 is 28.0. The van der Waals surface area contributed by atoms with Crippen LogP contribution in [-0.4, -0.2) is 64.6 Å². The van der Waals surface area contributed by atoms with Gasteiger partial charge in [-0.05, 0) is 91.7 Å². The first-order valence-electron chi connectivity index (χ1n) is 15.4. The summed E-state index contributed by atoms with van der Waals surface area (Å²) in [4.78, 5) is 35.6. The van der Waals surface area contributed by atoms with E-state index in [0.29, 0.717) is 34.9 Å². The average Bonchev–Trinajstić information content (AvgIpc) is 3.42. The second-order valence-corrected chi connectivity index (χ2v) is 13.6. The summed E-state index contributed by atoms with van der Waals surface area (Å²) in [6.45, 7) is 2.30. The standard InChI is InChI=1S/C36H37N5O4S/c1-39(33(42)25-41-22-10-5-11-23-41)28-18-16-27(17-19-28)37-35(26-12-6-3-7-13-26)34-31-24-29(20-21-32(31)38-36(34)43)40(2)46(44,45)30-14-8-4-9-15-30/h3-4,6-9,12-21,24,34H,5,10-11,22-23,25H2,1-2H3,(H,38,43). The highest BCUT2D eigenvalue weighted by Crippen LogP contribution is 2.39. The summed E-state index contributed by atoms with van der Waals surface area (Å²) in [5.74, 6) is -0.987. The number of hydrogen-bond acceptors (Lipinski definition) is 6. The van der Waals surface area contributed by atoms with Gasteiger partial charge in [0, 0.05) is 25.5 Å². The van der Waals surface area contributed by atoms with Crippen LogP contribution in [0.1, 0.15) is 36.3 Å². The van der Waals surface area contributed by atoms with Crippen LogP contribution in [0.25, 0.3) is 0 Å². The number of carbonyl (C=O) groups excluding carboxylic acids is 2. The van der Waals surface area contributed by atoms with Gasteiger partial charge in [-0.15, -0.1) is 0 Å². The largest absolute Gasteiger partial charge is 0.325 e. The number of aliphatic imine (C=N–C) groups is 1. The fraction of sp³-hybridized carbons (Fsp3) is 0.250. The van der Waals surface area contributed by atoms with Crippen LogP contribution < -0.4 is 14.5 Å². The van der Waals surface area contributed by atoms with Crippen molar-refractivity contribution in [2.75, 3.05) is 48.3 Å². The summed E-state index contributed by atoms with van der Waals surface area (Å²) in [6.07, 6.45) is 3.47. The quantitative estimate of drug-likeness (QED) is 0.234. The Morgan fingerprint density at radius 3 is 2.15 bits per heavy atom. The minimum Gasteiger partial charge on any atom is -0.325 e. The molecule has 0 aliphatic carbocycles. The molecular weight excluding hydrogens is 598 g/mol. The molecule has 1 saturated heterocycles. The van der Waals surface area contributed by atoms with Gasteiger partial charge in [-0.25, -0.2) is 8.42 Å². The maximum Gasteiger partial charge on any atom is 0.264 e. The van der Waals surface area contributed by atoms with Gasteiger partial charge in [-0.3, -0.25) is 23.8 Å². The van der Waals surface area contributed by atoms with Crippen molar-refractivity contribution in [2.24, 2.45) is 4.99 Å². The Balaban J connectivity index is 1.31. The molecule has 2 aliphatic rings. The highest BCUT2D eigenvalue weighted by atomic mass is 32.2. The number of likely N-dealkylation sites (N-methyl/N-ethyl adjacent to an activating group) is 1. The number of rotatable bonds is 9. The van der Waals surface area contributed by atoms with E-state index in [-0.39, 0.29) is 16.7 Å². The van der Waals surface area contributed by atoms with Gasteiger partial charge >= 0.3 is 0 Å². The lowest BCUT2D eigenvalue weighted by Crippen LogP contribution is -2.40. The van der Waals surface area contributed by atoms with Crippen LogP contribution in [0.5, 0.6) is 0 Å². The zero-order chi connectivity index (χ0) is 32.3. The molecule has 1 unspecified atom stereocenters. The molecule has 9 nitrogen and oxygen atoms in total. The molecule has 2 heterocycles. The summed E-state index contributed by atoms with van der Waals surface area (Å²) in [6, 6.07) is 30.3. The van der Waals surface area contributed by atoms with E-state index in [2.05, 4.69) is 10.2 Å². The number of hydrogen-bond donors (Lipinski definition) is 1. The lowest BCUT2D eigenvalue weighted by molar-refractivity contribution is -0.119. The molecule has 4 aromatic rings. The Labute approximate surface area is 270 Å². The fourth-order valence-corrected chi connectivity index (χ4v) is 7.17. The van der Waals surface area contributed by atoms with Crippen LogP contribution in [0.15, 0.2) is 113 Å². The molecule has 0 bridgehead atoms. The van der Waals surface area contributed by atoms with Crippen molar-refractivity contribution in [3.63, 3.8) is 0 Å². The van der Waals surface area contributed by atoms with E-state index in [0.717, 1.165) is 37.2 Å². The molecule has 1 fully saturated rings. The number of benzene rings is 4. The van der Waals surface area contributed by atoms with Crippen molar-refractivity contribution in [3.8, 4) is 0 Å². The number of sulfonamides is 1. The van der Waals surface area contributed by atoms with Gasteiger partial charge < -0.3 is 10.2 Å². The van der Waals surface area contributed by atoms with Crippen molar-refractivity contribution in [1.29, 1.82) is 0 Å². The molecule has 2 amide bonds. The Morgan fingerprint density at radius 1 is 0.848 bits per heavy atom. The van der Waals surface area contributed by atoms with Crippen LogP contribution in [0.3, 0.4) is 0 Å². The lowest BCUT2D eigenvalue weighted by Gasteiger charge is -2.28. The van der Waals surface area contributed by atoms with Crippen LogP contribution >= 0.6 is 0 Å². The van der Waals surface area contributed by atoms with Gasteiger partial charge in [0.1, 0.15) is 5.92 Å². The van der Waals surface area contributed by atoms with E-state index < -0.39 is 15.9 Å². The number of fused-ring (bicyclic) bond motifs is 1. The highest BCUT2D eigenvalue weighted by Gasteiger charge is 2.36. The smallest absolute Gasteiger partial charge is 0.264 e. The van der Waals surface area contributed by atoms with Crippen molar-refractivity contribution in [1.82, 2.24) is 4.90 Å². The van der Waals surface area contributed by atoms with Gasteiger partial charge in [-0.2, -0.15) is 0 Å². The zero-order valence-corrected chi connectivity index (χ0v) is 26.8. The van der Waals surface area contributed by atoms with E-state index >= 15 is 0 Å². The first-order chi connectivity index (χ1) is 22.2. The van der Waals surface area contributed by atoms with Crippen LogP contribution in [0.2, 0.25) is 0 Å². The summed E-state index contributed by atoms with van der Waals surface area (Å²) >= 11 is 0. The van der Waals surface area contributed by atoms with Crippen molar-refractivity contribution in [3.05, 3.63) is 114 Å². The number of anilines is 3. The third-order valence-corrected chi connectivity index (χ3v) is 10.4. The van der Waals surface area contributed by atoms with Gasteiger partial charge in [-0.1, -0.05) is 55.0 Å². The number of likely N-dealkylation sites (tertiary alicyclic amines) is 1. The molecule has 2 aliphatic heterocycles. The van der Waals surface area contributed by atoms with E-state index in [4.69, 9.17) is 4.99 Å². The maximum atomic E-state index is 13.5. The summed E-state index contributed by atoms with van der Waals surface area (Å²) in [7, 11) is -0.531. The molecule has 46 heavy (non-hydrogen) atoms. The number of amides is 2. The van der Waals surface area contributed by atoms with E-state index in [1.54, 1.807) is 60.5 Å². The van der Waals surface area contributed by atoms with Gasteiger partial charge in [0.25, 0.3) is 10.0 Å². The SMILES string of the molecule is CN(C(=O)CN1CCCCC1)c1ccc(N=C(c2ccccc2)C2C(=O)Nc3ccc(N(C)S(=O)(=O)c4ccccc4)cc32)cc1. The molecule has 1 atom stereocenters. The van der Waals surface area contributed by atoms with E-state index in [1.165, 1.54) is 17.8 Å². The number of nitrogens with zero attached hydrogens (tertiary/aromatic N) is 4. The topological polar surface area (TPSA) is 102 Å². The molecule has 0 radical (unpaired) electrons. The van der Waals surface area contributed by atoms with E-state index in [1.807, 2.05) is 54.6 Å². The number of piperidine rings is 1. The van der Waals surface area contributed by atoms with Crippen LogP contribution in [0, 0.1) is 0 Å². The van der Waals surface area contributed by atoms with Crippen molar-refractivity contribution >= 4 is 50.3 Å². The Morgan fingerprint density at radius 2 is 1.48 bits per heavy atom.